The Hall–Kier alpha value is -2.05. The summed E-state index contributed by atoms with van der Waals surface area (Å²) >= 11 is 8.84. The highest BCUT2D eigenvalue weighted by molar-refractivity contribution is 9.10. The van der Waals surface area contributed by atoms with Crippen molar-refractivity contribution in [2.75, 3.05) is 0 Å². The van der Waals surface area contributed by atoms with Crippen LogP contribution in [0.5, 0.6) is 0 Å². The van der Waals surface area contributed by atoms with Gasteiger partial charge in [-0.15, -0.1) is 0 Å². The minimum atomic E-state index is -0.383. The first kappa shape index (κ1) is 16.8. The zero-order chi connectivity index (χ0) is 17.3. The van der Waals surface area contributed by atoms with E-state index in [1.54, 1.807) is 12.1 Å². The summed E-state index contributed by atoms with van der Waals surface area (Å²) < 4.78 is 14.1. The molecule has 0 amide bonds. The molecule has 2 N–H and O–H groups in total. The van der Waals surface area contributed by atoms with Gasteiger partial charge in [-0.25, -0.2) is 4.39 Å². The molecular weight excluding hydrogens is 391 g/mol. The Morgan fingerprint density at radius 1 is 1.17 bits per heavy atom. The number of carbonyl (C=O) groups is 1. The van der Waals surface area contributed by atoms with Crippen molar-refractivity contribution >= 4 is 44.7 Å². The molecule has 3 nitrogen and oxygen atoms in total. The van der Waals surface area contributed by atoms with E-state index in [9.17, 15) is 9.18 Å². The lowest BCUT2D eigenvalue weighted by Crippen LogP contribution is -2.44. The molecule has 24 heavy (non-hydrogen) atoms. The second-order valence-corrected chi connectivity index (χ2v) is 6.67. The number of hydrogen-bond donors (Lipinski definition) is 2. The maximum Gasteiger partial charge on any atom is 0.171 e. The molecule has 2 aromatic rings. The molecule has 0 radical (unpaired) electrons. The van der Waals surface area contributed by atoms with E-state index in [1.807, 2.05) is 24.3 Å². The summed E-state index contributed by atoms with van der Waals surface area (Å²) in [6.45, 7) is 1.51. The first-order chi connectivity index (χ1) is 11.5. The van der Waals surface area contributed by atoms with Gasteiger partial charge in [0.25, 0.3) is 0 Å². The lowest BCUT2D eigenvalue weighted by atomic mass is 9.90. The van der Waals surface area contributed by atoms with Crippen LogP contribution >= 0.6 is 28.1 Å². The molecule has 0 fully saturated rings. The number of benzene rings is 2. The van der Waals surface area contributed by atoms with Crippen LogP contribution in [0.25, 0.3) is 5.70 Å². The molecule has 0 bridgehead atoms. The average Bonchev–Trinajstić information content (AvgIpc) is 2.55. The SMILES string of the molecule is CC(=O)C1=C(c2ccc(F)cc2)NC(=S)N[C@@H]1c1ccccc1Br. The lowest BCUT2D eigenvalue weighted by Gasteiger charge is -2.31. The topological polar surface area (TPSA) is 41.1 Å². The Morgan fingerprint density at radius 3 is 2.46 bits per heavy atom. The van der Waals surface area contributed by atoms with Gasteiger partial charge in [0.15, 0.2) is 10.9 Å². The molecule has 6 heteroatoms. The van der Waals surface area contributed by atoms with Gasteiger partial charge in [0.1, 0.15) is 5.82 Å². The second kappa shape index (κ2) is 6.83. The van der Waals surface area contributed by atoms with E-state index in [-0.39, 0.29) is 17.6 Å². The van der Waals surface area contributed by atoms with Gasteiger partial charge in [-0.1, -0.05) is 34.1 Å². The fourth-order valence-electron chi connectivity index (χ4n) is 2.73. The zero-order valence-corrected chi connectivity index (χ0v) is 15.2. The minimum Gasteiger partial charge on any atom is -0.351 e. The van der Waals surface area contributed by atoms with Crippen LogP contribution in [0.4, 0.5) is 4.39 Å². The number of Topliss-reactive ketones (excluding diaryl/α,β-unsaturated/α-hetero) is 1. The smallest absolute Gasteiger partial charge is 0.171 e. The Morgan fingerprint density at radius 2 is 1.83 bits per heavy atom. The third kappa shape index (κ3) is 3.25. The first-order valence-corrected chi connectivity index (χ1v) is 8.50. The molecule has 1 heterocycles. The molecule has 0 spiro atoms. The summed E-state index contributed by atoms with van der Waals surface area (Å²) in [6, 6.07) is 13.3. The van der Waals surface area contributed by atoms with E-state index in [0.29, 0.717) is 21.9 Å². The molecule has 1 aliphatic rings. The Kier molecular flexibility index (Phi) is 4.78. The fraction of sp³-hybridized carbons (Fsp3) is 0.111. The van der Waals surface area contributed by atoms with Crippen molar-refractivity contribution in [3.05, 3.63) is 75.5 Å². The fourth-order valence-corrected chi connectivity index (χ4v) is 3.46. The van der Waals surface area contributed by atoms with Gasteiger partial charge in [-0.05, 0) is 60.6 Å². The van der Waals surface area contributed by atoms with E-state index >= 15 is 0 Å². The van der Waals surface area contributed by atoms with Crippen molar-refractivity contribution in [1.82, 2.24) is 10.6 Å². The first-order valence-electron chi connectivity index (χ1n) is 7.30. The maximum atomic E-state index is 13.2. The molecule has 0 aromatic heterocycles. The predicted octanol–water partition coefficient (Wildman–Crippen LogP) is 4.11. The van der Waals surface area contributed by atoms with Crippen molar-refractivity contribution in [1.29, 1.82) is 0 Å². The number of carbonyl (C=O) groups excluding carboxylic acids is 1. The van der Waals surface area contributed by atoms with E-state index in [2.05, 4.69) is 26.6 Å². The summed E-state index contributed by atoms with van der Waals surface area (Å²) in [7, 11) is 0. The molecular formula is C18H14BrFN2OS. The molecule has 122 valence electrons. The summed E-state index contributed by atoms with van der Waals surface area (Å²) in [5.41, 5.74) is 2.78. The quantitative estimate of drug-likeness (QED) is 0.755. The predicted molar refractivity (Wildman–Crippen MR) is 99.8 cm³/mol. The molecule has 0 saturated carbocycles. The summed E-state index contributed by atoms with van der Waals surface area (Å²) in [5, 5.41) is 6.61. The third-order valence-corrected chi connectivity index (χ3v) is 4.74. The Bertz CT molecular complexity index is 848. The number of ketones is 1. The average molecular weight is 405 g/mol. The Labute approximate surface area is 153 Å². The highest BCUT2D eigenvalue weighted by Gasteiger charge is 2.31. The van der Waals surface area contributed by atoms with Crippen LogP contribution in [0.2, 0.25) is 0 Å². The summed E-state index contributed by atoms with van der Waals surface area (Å²) in [6.07, 6.45) is 0. The van der Waals surface area contributed by atoms with Gasteiger partial charge in [0, 0.05) is 10.0 Å². The van der Waals surface area contributed by atoms with E-state index in [4.69, 9.17) is 12.2 Å². The molecule has 0 saturated heterocycles. The highest BCUT2D eigenvalue weighted by atomic mass is 79.9. The molecule has 0 aliphatic carbocycles. The number of halogens is 2. The minimum absolute atomic E-state index is 0.0856. The van der Waals surface area contributed by atoms with Gasteiger partial charge in [0.05, 0.1) is 11.7 Å². The van der Waals surface area contributed by atoms with Crippen LogP contribution in [-0.2, 0) is 4.79 Å². The van der Waals surface area contributed by atoms with Gasteiger partial charge in [-0.2, -0.15) is 0 Å². The largest absolute Gasteiger partial charge is 0.351 e. The van der Waals surface area contributed by atoms with Crippen molar-refractivity contribution in [3.63, 3.8) is 0 Å². The van der Waals surface area contributed by atoms with Gasteiger partial charge < -0.3 is 10.6 Å². The number of hydrogen-bond acceptors (Lipinski definition) is 2. The zero-order valence-electron chi connectivity index (χ0n) is 12.8. The van der Waals surface area contributed by atoms with Crippen LogP contribution in [-0.4, -0.2) is 10.9 Å². The summed E-state index contributed by atoms with van der Waals surface area (Å²) in [4.78, 5) is 12.4. The molecule has 1 aliphatic heterocycles. The van der Waals surface area contributed by atoms with Crippen LogP contribution < -0.4 is 10.6 Å². The van der Waals surface area contributed by atoms with Gasteiger partial charge >= 0.3 is 0 Å². The number of nitrogens with one attached hydrogen (secondary N) is 2. The van der Waals surface area contributed by atoms with E-state index in [1.165, 1.54) is 19.1 Å². The van der Waals surface area contributed by atoms with Crippen LogP contribution in [0.15, 0.2) is 58.6 Å². The highest BCUT2D eigenvalue weighted by Crippen LogP contribution is 2.34. The van der Waals surface area contributed by atoms with Crippen molar-refractivity contribution in [2.45, 2.75) is 13.0 Å². The van der Waals surface area contributed by atoms with Crippen LogP contribution in [0.3, 0.4) is 0 Å². The molecule has 3 rings (SSSR count). The van der Waals surface area contributed by atoms with E-state index < -0.39 is 0 Å². The molecule has 1 atom stereocenters. The van der Waals surface area contributed by atoms with E-state index in [0.717, 1.165) is 10.0 Å². The third-order valence-electron chi connectivity index (χ3n) is 3.80. The normalized spacial score (nSPS) is 17.3. The number of rotatable bonds is 3. The van der Waals surface area contributed by atoms with Crippen molar-refractivity contribution in [3.8, 4) is 0 Å². The molecule has 0 unspecified atom stereocenters. The standard InChI is InChI=1S/C18H14BrFN2OS/c1-10(23)15-16(11-6-8-12(20)9-7-11)21-18(24)22-17(15)13-4-2-3-5-14(13)19/h2-9,17H,1H3,(H2,21,22,24)/t17-/m1/s1. The lowest BCUT2D eigenvalue weighted by molar-refractivity contribution is -0.113. The molecule has 2 aromatic carbocycles. The van der Waals surface area contributed by atoms with Crippen LogP contribution in [0.1, 0.15) is 24.1 Å². The number of thiocarbonyl (C=S) groups is 1. The van der Waals surface area contributed by atoms with Crippen molar-refractivity contribution < 1.29 is 9.18 Å². The maximum absolute atomic E-state index is 13.2. The monoisotopic (exact) mass is 404 g/mol. The second-order valence-electron chi connectivity index (χ2n) is 5.40. The van der Waals surface area contributed by atoms with Gasteiger partial charge in [0.2, 0.25) is 0 Å². The van der Waals surface area contributed by atoms with Crippen LogP contribution in [0, 0.1) is 5.82 Å². The summed E-state index contributed by atoms with van der Waals surface area (Å²) in [5.74, 6) is -0.417. The van der Waals surface area contributed by atoms with Gasteiger partial charge in [-0.3, -0.25) is 4.79 Å². The Balaban J connectivity index is 2.20. The van der Waals surface area contributed by atoms with Crippen molar-refractivity contribution in [2.24, 2.45) is 0 Å².